The number of carbonyl (C=O) groups excluding carboxylic acids is 1. The smallest absolute Gasteiger partial charge is 0.286 e. The molecule has 0 radical (unpaired) electrons. The summed E-state index contributed by atoms with van der Waals surface area (Å²) in [7, 11) is 5.12. The zero-order valence-corrected chi connectivity index (χ0v) is 33.0. The summed E-state index contributed by atoms with van der Waals surface area (Å²) in [6.45, 7) is 11.6. The number of likely N-dealkylation sites (N-methyl/N-ethyl adjacent to an activating group) is 2. The lowest BCUT2D eigenvalue weighted by Gasteiger charge is -2.44. The van der Waals surface area contributed by atoms with Crippen molar-refractivity contribution in [2.75, 3.05) is 27.8 Å². The quantitative estimate of drug-likeness (QED) is 0.243. The van der Waals surface area contributed by atoms with Gasteiger partial charge < -0.3 is 49.8 Å². The largest absolute Gasteiger partial charge is 0.491 e. The summed E-state index contributed by atoms with van der Waals surface area (Å²) in [5.74, 6) is -0.0812. The third-order valence-corrected chi connectivity index (χ3v) is 9.46. The van der Waals surface area contributed by atoms with Crippen molar-refractivity contribution in [3.63, 3.8) is 0 Å². The molecular weight excluding hydrogens is 674 g/mol. The lowest BCUT2D eigenvalue weighted by atomic mass is 9.96. The highest BCUT2D eigenvalue weighted by Crippen LogP contribution is 2.28. The van der Waals surface area contributed by atoms with Gasteiger partial charge in [0.25, 0.3) is 5.91 Å². The van der Waals surface area contributed by atoms with Crippen LogP contribution in [0.5, 0.6) is 0 Å². The van der Waals surface area contributed by atoms with Crippen molar-refractivity contribution in [3.05, 3.63) is 108 Å². The topological polar surface area (TPSA) is 140 Å². The number of hydrogen-bond acceptors (Lipinski definition) is 10. The number of allylic oxidation sites excluding steroid dienone is 14. The zero-order chi connectivity index (χ0) is 39.0. The molecule has 0 aromatic heterocycles. The summed E-state index contributed by atoms with van der Waals surface area (Å²) in [6, 6.07) is -0.483. The predicted molar refractivity (Wildman–Crippen MR) is 210 cm³/mol. The van der Waals surface area contributed by atoms with Crippen LogP contribution in [0.3, 0.4) is 0 Å². The number of amides is 1. The van der Waals surface area contributed by atoms with E-state index in [9.17, 15) is 15.0 Å². The Morgan fingerprint density at radius 3 is 2.36 bits per heavy atom. The minimum Gasteiger partial charge on any atom is -0.491 e. The second-order valence-corrected chi connectivity index (χ2v) is 14.1. The van der Waals surface area contributed by atoms with Gasteiger partial charge in [0.1, 0.15) is 23.9 Å². The Morgan fingerprint density at radius 2 is 1.66 bits per heavy atom. The Morgan fingerprint density at radius 1 is 0.925 bits per heavy atom. The fourth-order valence-electron chi connectivity index (χ4n) is 6.14. The Bertz CT molecular complexity index is 1460. The Balaban J connectivity index is 1.85. The lowest BCUT2D eigenvalue weighted by molar-refractivity contribution is -0.295. The van der Waals surface area contributed by atoms with Crippen LogP contribution >= 0.6 is 0 Å². The molecule has 2 saturated heterocycles. The van der Waals surface area contributed by atoms with Gasteiger partial charge in [-0.25, -0.2) is 0 Å². The molecule has 0 aromatic carbocycles. The van der Waals surface area contributed by atoms with Crippen molar-refractivity contribution >= 4 is 5.91 Å². The molecule has 3 heterocycles. The highest BCUT2D eigenvalue weighted by molar-refractivity contribution is 5.92. The average Bonchev–Trinajstić information content (AvgIpc) is 3.11. The molecule has 0 bridgehead atoms. The Hall–Kier alpha value is -3.39. The lowest BCUT2D eigenvalue weighted by Crippen LogP contribution is -2.62. The van der Waals surface area contributed by atoms with Crippen molar-refractivity contribution in [3.8, 4) is 0 Å². The second-order valence-electron chi connectivity index (χ2n) is 14.1. The molecule has 0 spiro atoms. The summed E-state index contributed by atoms with van der Waals surface area (Å²) in [4.78, 5) is 12.9. The van der Waals surface area contributed by atoms with Gasteiger partial charge in [-0.2, -0.15) is 0 Å². The number of aliphatic hydroxyl groups is 2. The number of carbonyl (C=O) groups is 1. The van der Waals surface area contributed by atoms with Gasteiger partial charge in [-0.15, -0.1) is 0 Å². The van der Waals surface area contributed by atoms with E-state index in [-0.39, 0.29) is 36.5 Å². The summed E-state index contributed by atoms with van der Waals surface area (Å²) in [5.41, 5.74) is 1.41. The van der Waals surface area contributed by atoms with Crippen LogP contribution in [0.2, 0.25) is 0 Å². The van der Waals surface area contributed by atoms with Crippen LogP contribution < -0.4 is 16.0 Å². The van der Waals surface area contributed by atoms with Gasteiger partial charge in [0.15, 0.2) is 18.3 Å². The van der Waals surface area contributed by atoms with Crippen molar-refractivity contribution in [1.29, 1.82) is 0 Å². The zero-order valence-electron chi connectivity index (χ0n) is 33.0. The van der Waals surface area contributed by atoms with E-state index < -0.39 is 42.5 Å². The number of aliphatic hydroxyl groups excluding tert-OH is 1. The molecule has 0 aliphatic carbocycles. The van der Waals surface area contributed by atoms with E-state index in [1.165, 1.54) is 7.11 Å². The van der Waals surface area contributed by atoms with Gasteiger partial charge in [-0.3, -0.25) is 4.79 Å². The fraction of sp³-hybridized carbons (Fsp3) is 0.548. The third-order valence-electron chi connectivity index (χ3n) is 9.46. The molecule has 294 valence electrons. The Labute approximate surface area is 316 Å². The highest BCUT2D eigenvalue weighted by atomic mass is 16.7. The summed E-state index contributed by atoms with van der Waals surface area (Å²) >= 11 is 0. The first-order valence-electron chi connectivity index (χ1n) is 18.6. The number of hydrogen-bond donors (Lipinski definition) is 5. The number of nitrogens with one attached hydrogen (secondary N) is 3. The second kappa shape index (κ2) is 22.1. The van der Waals surface area contributed by atoms with E-state index in [1.807, 2.05) is 90.3 Å². The number of methoxy groups -OCH3 is 1. The van der Waals surface area contributed by atoms with E-state index in [1.54, 1.807) is 44.4 Å². The van der Waals surface area contributed by atoms with E-state index in [0.717, 1.165) is 23.1 Å². The molecule has 5 N–H and O–H groups in total. The molecule has 0 unspecified atom stereocenters. The normalized spacial score (nSPS) is 41.3. The van der Waals surface area contributed by atoms with Gasteiger partial charge >= 0.3 is 0 Å². The van der Waals surface area contributed by atoms with Gasteiger partial charge in [0.2, 0.25) is 0 Å². The summed E-state index contributed by atoms with van der Waals surface area (Å²) < 4.78 is 30.2. The fourth-order valence-corrected chi connectivity index (χ4v) is 6.14. The minimum absolute atomic E-state index is 0.0257. The van der Waals surface area contributed by atoms with Crippen molar-refractivity contribution in [1.82, 2.24) is 16.0 Å². The van der Waals surface area contributed by atoms with Crippen LogP contribution in [0.15, 0.2) is 108 Å². The molecule has 2 fully saturated rings. The average molecular weight is 738 g/mol. The van der Waals surface area contributed by atoms with E-state index >= 15 is 0 Å². The molecule has 0 aromatic rings. The molecule has 1 amide bonds. The number of rotatable bonds is 7. The van der Waals surface area contributed by atoms with Crippen LogP contribution in [-0.4, -0.2) is 105 Å². The summed E-state index contributed by atoms with van der Waals surface area (Å²) in [6.07, 6.45) is 24.4. The van der Waals surface area contributed by atoms with Crippen molar-refractivity contribution in [2.45, 2.75) is 122 Å². The van der Waals surface area contributed by atoms with E-state index in [4.69, 9.17) is 23.7 Å². The molecule has 3 aliphatic rings. The predicted octanol–water partition coefficient (Wildman–Crippen LogP) is 4.98. The van der Waals surface area contributed by atoms with Gasteiger partial charge in [-0.05, 0) is 86.5 Å². The first-order chi connectivity index (χ1) is 25.3. The van der Waals surface area contributed by atoms with Gasteiger partial charge in [0, 0.05) is 12.1 Å². The SMILES string of the molecule is CN[C@H]1[C@H](O[C@@H]2/C=C/C=C/C(C)=C\C=C\C(C)=C/C[C@H](C)NC(=O)\C(OC)=C/C(C)=C\C=C/C=C\[C@@]2(C)O)OC[C@@H](O[C@H]2CC[C@H](NC)[C@@H](C)O2)[C@@H]1O. The van der Waals surface area contributed by atoms with Gasteiger partial charge in [-0.1, -0.05) is 90.1 Å². The standard InChI is InChI=1S/C42H63N3O8/c1-28-16-12-13-20-36(53-41-38(44-8)39(46)35(27-50-41)52-37-24-23-33(43-7)32(5)51-37)42(6,48)25-14-10-11-17-30(3)26-34(49-9)40(47)45-31(4)22-21-29(2)19-15-18-28/h10-21,25-26,31-33,35-39,41,43-44,46,48H,22-24,27H2,1-9H3,(H,45,47)/b11-10-,16-12+,19-15+,20-13+,25-14-,28-18-,29-21-,30-17-,34-26+/t31-,32+,33-,35+,36+,37-,38+,39-,41-,42+/m0/s1. The maximum atomic E-state index is 12.9. The van der Waals surface area contributed by atoms with Crippen LogP contribution in [0.1, 0.15) is 60.8 Å². The molecule has 11 heteroatoms. The number of ether oxygens (including phenoxy) is 5. The molecule has 11 nitrogen and oxygen atoms in total. The van der Waals surface area contributed by atoms with E-state index in [2.05, 4.69) is 22.0 Å². The van der Waals surface area contributed by atoms with Crippen molar-refractivity contribution < 1.29 is 38.7 Å². The van der Waals surface area contributed by atoms with Crippen LogP contribution in [-0.2, 0) is 28.5 Å². The molecule has 3 rings (SSSR count). The molecule has 3 aliphatic heterocycles. The molecule has 0 saturated carbocycles. The minimum atomic E-state index is -1.48. The van der Waals surface area contributed by atoms with Crippen LogP contribution in [0.4, 0.5) is 0 Å². The Kier molecular flexibility index (Phi) is 18.4. The first-order valence-corrected chi connectivity index (χ1v) is 18.6. The highest BCUT2D eigenvalue weighted by Gasteiger charge is 2.44. The van der Waals surface area contributed by atoms with E-state index in [0.29, 0.717) is 12.8 Å². The van der Waals surface area contributed by atoms with Crippen molar-refractivity contribution in [2.24, 2.45) is 0 Å². The third kappa shape index (κ3) is 14.4. The molecule has 53 heavy (non-hydrogen) atoms. The first kappa shape index (κ1) is 44.0. The van der Waals surface area contributed by atoms with Crippen LogP contribution in [0, 0.1) is 0 Å². The van der Waals surface area contributed by atoms with Crippen LogP contribution in [0.25, 0.3) is 0 Å². The maximum absolute atomic E-state index is 12.9. The molecular formula is C42H63N3O8. The summed E-state index contributed by atoms with van der Waals surface area (Å²) in [5, 5.41) is 32.5. The molecule has 10 atom stereocenters. The maximum Gasteiger partial charge on any atom is 0.286 e. The monoisotopic (exact) mass is 737 g/mol. The van der Waals surface area contributed by atoms with Gasteiger partial charge in [0.05, 0.1) is 25.9 Å².